The minimum Gasteiger partial charge on any atom is -0.355 e. The van der Waals surface area contributed by atoms with Gasteiger partial charge in [-0.1, -0.05) is 41.6 Å². The maximum atomic E-state index is 12.3. The van der Waals surface area contributed by atoms with Crippen LogP contribution in [0, 0.1) is 0 Å². The lowest BCUT2D eigenvalue weighted by atomic mass is 10.1. The molecule has 3 rings (SSSR count). The summed E-state index contributed by atoms with van der Waals surface area (Å²) < 4.78 is 5.11. The van der Waals surface area contributed by atoms with Gasteiger partial charge in [0, 0.05) is 29.9 Å². The Bertz CT molecular complexity index is 872. The van der Waals surface area contributed by atoms with Gasteiger partial charge in [-0.15, -0.1) is 0 Å². The number of hydrogen-bond acceptors (Lipinski definition) is 4. The minimum atomic E-state index is -0.432. The second-order valence-electron chi connectivity index (χ2n) is 5.06. The first kappa shape index (κ1) is 15.5. The molecule has 120 valence electrons. The van der Waals surface area contributed by atoms with Gasteiger partial charge in [0.15, 0.2) is 0 Å². The van der Waals surface area contributed by atoms with Crippen LogP contribution in [0.4, 0.5) is 5.69 Å². The molecule has 0 fully saturated rings. The van der Waals surface area contributed by atoms with Crippen LogP contribution in [0.25, 0.3) is 11.3 Å². The molecule has 3 aromatic rings. The van der Waals surface area contributed by atoms with E-state index < -0.39 is 5.91 Å². The van der Waals surface area contributed by atoms with E-state index in [2.05, 4.69) is 15.8 Å². The summed E-state index contributed by atoms with van der Waals surface area (Å²) in [6, 6.07) is 17.6. The number of anilines is 1. The second kappa shape index (κ2) is 6.78. The maximum Gasteiger partial charge on any atom is 0.294 e. The smallest absolute Gasteiger partial charge is 0.294 e. The third-order valence-electron chi connectivity index (χ3n) is 3.41. The van der Waals surface area contributed by atoms with Gasteiger partial charge in [-0.25, -0.2) is 0 Å². The largest absolute Gasteiger partial charge is 0.355 e. The van der Waals surface area contributed by atoms with Crippen LogP contribution < -0.4 is 10.6 Å². The van der Waals surface area contributed by atoms with Crippen molar-refractivity contribution in [1.29, 1.82) is 0 Å². The van der Waals surface area contributed by atoms with Crippen LogP contribution in [0.2, 0.25) is 0 Å². The van der Waals surface area contributed by atoms with E-state index in [1.807, 2.05) is 30.3 Å². The number of carbonyl (C=O) groups excluding carboxylic acids is 2. The van der Waals surface area contributed by atoms with Crippen LogP contribution in [0.1, 0.15) is 20.9 Å². The summed E-state index contributed by atoms with van der Waals surface area (Å²) in [6.45, 7) is 0. The van der Waals surface area contributed by atoms with Crippen molar-refractivity contribution in [3.8, 4) is 11.3 Å². The fourth-order valence-electron chi connectivity index (χ4n) is 2.20. The molecule has 0 radical (unpaired) electrons. The van der Waals surface area contributed by atoms with Crippen LogP contribution in [-0.4, -0.2) is 24.0 Å². The van der Waals surface area contributed by atoms with Gasteiger partial charge in [0.05, 0.1) is 0 Å². The zero-order valence-corrected chi connectivity index (χ0v) is 12.9. The van der Waals surface area contributed by atoms with Crippen molar-refractivity contribution in [2.24, 2.45) is 0 Å². The molecule has 24 heavy (non-hydrogen) atoms. The van der Waals surface area contributed by atoms with Gasteiger partial charge in [0.25, 0.3) is 11.8 Å². The zero-order valence-electron chi connectivity index (χ0n) is 12.9. The molecule has 0 unspecified atom stereocenters. The molecule has 0 aliphatic rings. The molecule has 2 aromatic carbocycles. The van der Waals surface area contributed by atoms with Gasteiger partial charge in [0.1, 0.15) is 5.69 Å². The molecule has 6 heteroatoms. The van der Waals surface area contributed by atoms with Gasteiger partial charge in [-0.3, -0.25) is 9.59 Å². The highest BCUT2D eigenvalue weighted by Crippen LogP contribution is 2.19. The number of amides is 2. The normalized spacial score (nSPS) is 10.2. The summed E-state index contributed by atoms with van der Waals surface area (Å²) in [5.41, 5.74) is 2.40. The highest BCUT2D eigenvalue weighted by atomic mass is 16.5. The lowest BCUT2D eigenvalue weighted by Crippen LogP contribution is -2.18. The van der Waals surface area contributed by atoms with E-state index in [9.17, 15) is 9.59 Å². The molecule has 0 bridgehead atoms. The van der Waals surface area contributed by atoms with E-state index in [0.29, 0.717) is 16.9 Å². The van der Waals surface area contributed by atoms with E-state index >= 15 is 0 Å². The molecule has 6 nitrogen and oxygen atoms in total. The summed E-state index contributed by atoms with van der Waals surface area (Å²) in [5, 5.41) is 9.13. The van der Waals surface area contributed by atoms with Crippen molar-refractivity contribution in [2.75, 3.05) is 12.4 Å². The molecule has 2 amide bonds. The number of benzene rings is 2. The van der Waals surface area contributed by atoms with Crippen molar-refractivity contribution in [3.63, 3.8) is 0 Å². The number of carbonyl (C=O) groups is 2. The molecule has 0 saturated carbocycles. The van der Waals surface area contributed by atoms with E-state index in [1.54, 1.807) is 37.4 Å². The molecule has 0 aliphatic carbocycles. The first-order valence-corrected chi connectivity index (χ1v) is 7.33. The predicted molar refractivity (Wildman–Crippen MR) is 89.7 cm³/mol. The molecular formula is C18H15N3O3. The van der Waals surface area contributed by atoms with E-state index in [-0.39, 0.29) is 11.7 Å². The van der Waals surface area contributed by atoms with E-state index in [1.165, 1.54) is 0 Å². The fraction of sp³-hybridized carbons (Fsp3) is 0.0556. The average Bonchev–Trinajstić information content (AvgIpc) is 3.12. The highest BCUT2D eigenvalue weighted by Gasteiger charge is 2.14. The van der Waals surface area contributed by atoms with Crippen LogP contribution in [0.15, 0.2) is 65.2 Å². The number of nitrogens with one attached hydrogen (secondary N) is 2. The molecule has 0 aliphatic heterocycles. The van der Waals surface area contributed by atoms with Crippen molar-refractivity contribution < 1.29 is 14.1 Å². The summed E-state index contributed by atoms with van der Waals surface area (Å²) in [7, 11) is 1.55. The molecule has 0 saturated heterocycles. The molecule has 2 N–H and O–H groups in total. The molecule has 1 heterocycles. The second-order valence-corrected chi connectivity index (χ2v) is 5.06. The molecular weight excluding hydrogens is 306 g/mol. The monoisotopic (exact) mass is 321 g/mol. The van der Waals surface area contributed by atoms with Crippen LogP contribution in [0.3, 0.4) is 0 Å². The number of nitrogens with zero attached hydrogens (tertiary/aromatic N) is 1. The number of aromatic nitrogens is 1. The van der Waals surface area contributed by atoms with Gasteiger partial charge < -0.3 is 15.2 Å². The highest BCUT2D eigenvalue weighted by molar-refractivity contribution is 6.03. The van der Waals surface area contributed by atoms with Crippen LogP contribution in [-0.2, 0) is 0 Å². The number of rotatable bonds is 4. The van der Waals surface area contributed by atoms with Gasteiger partial charge in [-0.05, 0) is 18.2 Å². The summed E-state index contributed by atoms with van der Waals surface area (Å²) in [4.78, 5) is 23.9. The SMILES string of the molecule is CNC(=O)c1cccc(NC(=O)c2cc(-c3ccccc3)no2)c1. The van der Waals surface area contributed by atoms with Crippen molar-refractivity contribution in [3.05, 3.63) is 72.0 Å². The Hall–Kier alpha value is -3.41. The van der Waals surface area contributed by atoms with E-state index in [0.717, 1.165) is 5.56 Å². The Kier molecular flexibility index (Phi) is 4.38. The van der Waals surface area contributed by atoms with Crippen LogP contribution in [0.5, 0.6) is 0 Å². The van der Waals surface area contributed by atoms with Crippen molar-refractivity contribution in [1.82, 2.24) is 10.5 Å². The molecule has 1 aromatic heterocycles. The Morgan fingerprint density at radius 1 is 0.958 bits per heavy atom. The van der Waals surface area contributed by atoms with Crippen LogP contribution >= 0.6 is 0 Å². The molecule has 0 atom stereocenters. The molecule has 0 spiro atoms. The van der Waals surface area contributed by atoms with E-state index in [4.69, 9.17) is 4.52 Å². The van der Waals surface area contributed by atoms with Crippen molar-refractivity contribution >= 4 is 17.5 Å². The quantitative estimate of drug-likeness (QED) is 0.774. The first-order chi connectivity index (χ1) is 11.7. The number of hydrogen-bond donors (Lipinski definition) is 2. The lowest BCUT2D eigenvalue weighted by molar-refractivity contribution is 0.0959. The zero-order chi connectivity index (χ0) is 16.9. The summed E-state index contributed by atoms with van der Waals surface area (Å²) in [5.74, 6) is -0.560. The third-order valence-corrected chi connectivity index (χ3v) is 3.41. The Morgan fingerprint density at radius 2 is 1.75 bits per heavy atom. The maximum absolute atomic E-state index is 12.3. The third kappa shape index (κ3) is 3.33. The lowest BCUT2D eigenvalue weighted by Gasteiger charge is -2.05. The Labute approximate surface area is 138 Å². The average molecular weight is 321 g/mol. The minimum absolute atomic E-state index is 0.0965. The fourth-order valence-corrected chi connectivity index (χ4v) is 2.20. The van der Waals surface area contributed by atoms with Crippen molar-refractivity contribution in [2.45, 2.75) is 0 Å². The summed E-state index contributed by atoms with van der Waals surface area (Å²) >= 11 is 0. The topological polar surface area (TPSA) is 84.2 Å². The standard InChI is InChI=1S/C18H15N3O3/c1-19-17(22)13-8-5-9-14(10-13)20-18(23)16-11-15(21-24-16)12-6-3-2-4-7-12/h2-11H,1H3,(H,19,22)(H,20,23). The predicted octanol–water partition coefficient (Wildman–Crippen LogP) is 2.95. The van der Waals surface area contributed by atoms with Gasteiger partial charge in [0.2, 0.25) is 5.76 Å². The summed E-state index contributed by atoms with van der Waals surface area (Å²) in [6.07, 6.45) is 0. The van der Waals surface area contributed by atoms with Gasteiger partial charge >= 0.3 is 0 Å². The Morgan fingerprint density at radius 3 is 2.50 bits per heavy atom. The Balaban J connectivity index is 1.76. The van der Waals surface area contributed by atoms with Gasteiger partial charge in [-0.2, -0.15) is 0 Å². The first-order valence-electron chi connectivity index (χ1n) is 7.33.